The summed E-state index contributed by atoms with van der Waals surface area (Å²) in [5.41, 5.74) is 1.83. The third-order valence-electron chi connectivity index (χ3n) is 4.85. The van der Waals surface area contributed by atoms with E-state index in [4.69, 9.17) is 9.88 Å². The van der Waals surface area contributed by atoms with Crippen molar-refractivity contribution in [1.82, 2.24) is 5.32 Å². The fourth-order valence-corrected chi connectivity index (χ4v) is 3.81. The van der Waals surface area contributed by atoms with E-state index in [-0.39, 0.29) is 10.8 Å². The lowest BCUT2D eigenvalue weighted by molar-refractivity contribution is -0.116. The second kappa shape index (κ2) is 9.71. The van der Waals surface area contributed by atoms with Gasteiger partial charge in [-0.25, -0.2) is 13.6 Å². The number of ether oxygens (including phenoxy) is 1. The van der Waals surface area contributed by atoms with Crippen LogP contribution >= 0.6 is 0 Å². The molecule has 0 aromatic heterocycles. The summed E-state index contributed by atoms with van der Waals surface area (Å²) in [5.74, 6) is 0.649. The van der Waals surface area contributed by atoms with Gasteiger partial charge in [0.2, 0.25) is 15.9 Å². The number of nitrogens with two attached hydrogens (primary N) is 1. The lowest BCUT2D eigenvalue weighted by atomic mass is 10.1. The number of amides is 1. The molecule has 7 heteroatoms. The molecule has 3 rings (SSSR count). The summed E-state index contributed by atoms with van der Waals surface area (Å²) in [6, 6.07) is 14.0. The van der Waals surface area contributed by atoms with Crippen molar-refractivity contribution in [2.75, 3.05) is 6.54 Å². The molecule has 0 radical (unpaired) electrons. The first-order chi connectivity index (χ1) is 13.9. The lowest BCUT2D eigenvalue weighted by Gasteiger charge is -2.13. The number of rotatable bonds is 8. The van der Waals surface area contributed by atoms with Crippen LogP contribution in [0.5, 0.6) is 5.75 Å². The molecule has 1 fully saturated rings. The van der Waals surface area contributed by atoms with Crippen molar-refractivity contribution in [2.45, 2.75) is 43.1 Å². The average molecular weight is 415 g/mol. The van der Waals surface area contributed by atoms with E-state index < -0.39 is 10.0 Å². The Bertz CT molecular complexity index is 963. The Morgan fingerprint density at radius 3 is 2.55 bits per heavy atom. The van der Waals surface area contributed by atoms with E-state index in [2.05, 4.69) is 5.32 Å². The van der Waals surface area contributed by atoms with E-state index in [1.165, 1.54) is 31.1 Å². The molecule has 0 unspecified atom stereocenters. The monoisotopic (exact) mass is 414 g/mol. The number of nitrogens with one attached hydrogen (secondary N) is 1. The lowest BCUT2D eigenvalue weighted by Crippen LogP contribution is -2.23. The second-order valence-corrected chi connectivity index (χ2v) is 8.72. The molecule has 2 aromatic rings. The van der Waals surface area contributed by atoms with E-state index in [9.17, 15) is 13.2 Å². The van der Waals surface area contributed by atoms with Crippen molar-refractivity contribution in [3.05, 3.63) is 65.7 Å². The van der Waals surface area contributed by atoms with Crippen LogP contribution in [0.3, 0.4) is 0 Å². The molecule has 154 valence electrons. The van der Waals surface area contributed by atoms with Gasteiger partial charge < -0.3 is 10.1 Å². The van der Waals surface area contributed by atoms with Gasteiger partial charge in [0.15, 0.2) is 0 Å². The van der Waals surface area contributed by atoms with Crippen LogP contribution in [-0.2, 0) is 21.2 Å². The van der Waals surface area contributed by atoms with Crippen LogP contribution < -0.4 is 15.2 Å². The van der Waals surface area contributed by atoms with Gasteiger partial charge >= 0.3 is 0 Å². The van der Waals surface area contributed by atoms with Gasteiger partial charge in [0, 0.05) is 12.6 Å². The van der Waals surface area contributed by atoms with Crippen molar-refractivity contribution in [3.63, 3.8) is 0 Å². The average Bonchev–Trinajstić information content (AvgIpc) is 3.19. The molecule has 1 aliphatic carbocycles. The van der Waals surface area contributed by atoms with Crippen LogP contribution in [0.4, 0.5) is 0 Å². The van der Waals surface area contributed by atoms with Crippen LogP contribution in [0.1, 0.15) is 36.8 Å². The fourth-order valence-electron chi connectivity index (χ4n) is 3.30. The summed E-state index contributed by atoms with van der Waals surface area (Å²) < 4.78 is 28.5. The van der Waals surface area contributed by atoms with Gasteiger partial charge in [-0.2, -0.15) is 0 Å². The molecule has 0 heterocycles. The highest BCUT2D eigenvalue weighted by Crippen LogP contribution is 2.24. The van der Waals surface area contributed by atoms with Crippen molar-refractivity contribution in [3.8, 4) is 5.75 Å². The van der Waals surface area contributed by atoms with Gasteiger partial charge in [0.25, 0.3) is 0 Å². The topological polar surface area (TPSA) is 98.5 Å². The number of primary sulfonamides is 1. The number of hydrogen-bond acceptors (Lipinski definition) is 4. The van der Waals surface area contributed by atoms with E-state index in [1.807, 2.05) is 24.3 Å². The number of benzene rings is 2. The number of hydrogen-bond donors (Lipinski definition) is 2. The molecule has 29 heavy (non-hydrogen) atoms. The summed E-state index contributed by atoms with van der Waals surface area (Å²) in [6.45, 7) is 0.447. The highest BCUT2D eigenvalue weighted by molar-refractivity contribution is 7.89. The summed E-state index contributed by atoms with van der Waals surface area (Å²) in [6.07, 6.45) is 8.81. The molecule has 0 atom stereocenters. The Kier molecular flexibility index (Phi) is 7.06. The maximum absolute atomic E-state index is 12.0. The van der Waals surface area contributed by atoms with Crippen molar-refractivity contribution in [1.29, 1.82) is 0 Å². The quantitative estimate of drug-likeness (QED) is 0.649. The smallest absolute Gasteiger partial charge is 0.244 e. The predicted molar refractivity (Wildman–Crippen MR) is 113 cm³/mol. The SMILES string of the molecule is NS(=O)(=O)c1ccc(CCNC(=O)/C=C/c2cccc(OC3CCCC3)c2)cc1. The molecule has 0 saturated heterocycles. The number of carbonyl (C=O) groups is 1. The minimum absolute atomic E-state index is 0.0763. The normalized spacial score (nSPS) is 14.9. The minimum Gasteiger partial charge on any atom is -0.490 e. The Labute approximate surface area is 171 Å². The maximum atomic E-state index is 12.0. The maximum Gasteiger partial charge on any atom is 0.244 e. The first-order valence-corrected chi connectivity index (χ1v) is 11.3. The van der Waals surface area contributed by atoms with Crippen LogP contribution in [-0.4, -0.2) is 27.0 Å². The molecule has 6 nitrogen and oxygen atoms in total. The van der Waals surface area contributed by atoms with Gasteiger partial charge in [-0.1, -0.05) is 24.3 Å². The Morgan fingerprint density at radius 2 is 1.86 bits per heavy atom. The van der Waals surface area contributed by atoms with Crippen molar-refractivity contribution < 1.29 is 17.9 Å². The van der Waals surface area contributed by atoms with E-state index in [0.717, 1.165) is 29.7 Å². The van der Waals surface area contributed by atoms with Gasteiger partial charge in [0.05, 0.1) is 11.0 Å². The zero-order valence-corrected chi connectivity index (χ0v) is 17.0. The standard InChI is InChI=1S/C22H26N2O4S/c23-29(26,27)21-11-8-17(9-12-21)14-15-24-22(25)13-10-18-4-3-7-20(16-18)28-19-5-1-2-6-19/h3-4,7-13,16,19H,1-2,5-6,14-15H2,(H,24,25)(H2,23,26,27)/b13-10+. The molecule has 2 aromatic carbocycles. The molecular weight excluding hydrogens is 388 g/mol. The zero-order valence-electron chi connectivity index (χ0n) is 16.2. The summed E-state index contributed by atoms with van der Waals surface area (Å²) >= 11 is 0. The van der Waals surface area contributed by atoms with Crippen molar-refractivity contribution >= 4 is 22.0 Å². The molecular formula is C22H26N2O4S. The Hall–Kier alpha value is -2.64. The van der Waals surface area contributed by atoms with Crippen LogP contribution in [0.2, 0.25) is 0 Å². The molecule has 3 N–H and O–H groups in total. The molecule has 0 spiro atoms. The second-order valence-electron chi connectivity index (χ2n) is 7.16. The Balaban J connectivity index is 1.46. The van der Waals surface area contributed by atoms with Crippen molar-refractivity contribution in [2.24, 2.45) is 5.14 Å². The Morgan fingerprint density at radius 1 is 1.14 bits per heavy atom. The summed E-state index contributed by atoms with van der Waals surface area (Å²) in [4.78, 5) is 12.1. The molecule has 1 saturated carbocycles. The molecule has 0 bridgehead atoms. The number of sulfonamides is 1. The third-order valence-corrected chi connectivity index (χ3v) is 5.78. The third kappa shape index (κ3) is 6.73. The molecule has 1 amide bonds. The predicted octanol–water partition coefficient (Wildman–Crippen LogP) is 3.03. The molecule has 1 aliphatic rings. The fraction of sp³-hybridized carbons (Fsp3) is 0.318. The first-order valence-electron chi connectivity index (χ1n) is 9.74. The largest absolute Gasteiger partial charge is 0.490 e. The van der Waals surface area contributed by atoms with E-state index >= 15 is 0 Å². The highest BCUT2D eigenvalue weighted by atomic mass is 32.2. The first kappa shape index (κ1) is 21.1. The number of carbonyl (C=O) groups excluding carboxylic acids is 1. The van der Waals surface area contributed by atoms with E-state index in [1.54, 1.807) is 18.2 Å². The zero-order chi connectivity index (χ0) is 20.7. The minimum atomic E-state index is -3.69. The van der Waals surface area contributed by atoms with Crippen LogP contribution in [0.25, 0.3) is 6.08 Å². The van der Waals surface area contributed by atoms with E-state index in [0.29, 0.717) is 19.1 Å². The molecule has 0 aliphatic heterocycles. The van der Waals surface area contributed by atoms with Gasteiger partial charge in [-0.15, -0.1) is 0 Å². The van der Waals surface area contributed by atoms with Gasteiger partial charge in [-0.3, -0.25) is 4.79 Å². The highest BCUT2D eigenvalue weighted by Gasteiger charge is 2.16. The van der Waals surface area contributed by atoms with Gasteiger partial charge in [0.1, 0.15) is 5.75 Å². The van der Waals surface area contributed by atoms with Gasteiger partial charge in [-0.05, 0) is 73.6 Å². The van der Waals surface area contributed by atoms with Crippen LogP contribution in [0, 0.1) is 0 Å². The van der Waals surface area contributed by atoms with Crippen LogP contribution in [0.15, 0.2) is 59.5 Å². The summed E-state index contributed by atoms with van der Waals surface area (Å²) in [5, 5.41) is 7.90. The summed E-state index contributed by atoms with van der Waals surface area (Å²) in [7, 11) is -3.69.